The normalized spacial score (nSPS) is 15.4. The number of carbonyl (C=O) groups is 1. The Balaban J connectivity index is 1.47. The van der Waals surface area contributed by atoms with Crippen LogP contribution in [0.2, 0.25) is 0 Å². The van der Waals surface area contributed by atoms with Gasteiger partial charge in [0.2, 0.25) is 11.8 Å². The molecule has 1 aromatic heterocycles. The smallest absolute Gasteiger partial charge is 0.409 e. The van der Waals surface area contributed by atoms with Crippen LogP contribution in [0.15, 0.2) is 28.7 Å². The molecule has 1 aliphatic rings. The topological polar surface area (TPSA) is 80.5 Å². The zero-order chi connectivity index (χ0) is 17.6. The first-order valence-electron chi connectivity index (χ1n) is 8.70. The largest absolute Gasteiger partial charge is 0.450 e. The van der Waals surface area contributed by atoms with E-state index >= 15 is 0 Å². The third-order valence-electron chi connectivity index (χ3n) is 4.33. The fourth-order valence-electron chi connectivity index (χ4n) is 2.85. The van der Waals surface area contributed by atoms with E-state index in [-0.39, 0.29) is 6.09 Å². The summed E-state index contributed by atoms with van der Waals surface area (Å²) in [6.07, 6.45) is 1.55. The average Bonchev–Trinajstić information content (AvgIpc) is 3.10. The monoisotopic (exact) mass is 344 g/mol. The van der Waals surface area contributed by atoms with E-state index < -0.39 is 0 Å². The van der Waals surface area contributed by atoms with Crippen molar-refractivity contribution in [2.75, 3.05) is 19.7 Å². The van der Waals surface area contributed by atoms with E-state index in [9.17, 15) is 4.79 Å². The summed E-state index contributed by atoms with van der Waals surface area (Å²) in [6.45, 7) is 6.21. The van der Waals surface area contributed by atoms with Crippen LogP contribution in [0.3, 0.4) is 0 Å². The number of hydrogen-bond donors (Lipinski definition) is 1. The lowest BCUT2D eigenvalue weighted by molar-refractivity contribution is 0.0948. The van der Waals surface area contributed by atoms with Crippen molar-refractivity contribution in [3.63, 3.8) is 0 Å². The van der Waals surface area contributed by atoms with E-state index in [4.69, 9.17) is 9.15 Å². The molecule has 1 amide bonds. The highest BCUT2D eigenvalue weighted by Crippen LogP contribution is 2.18. The Kier molecular flexibility index (Phi) is 5.65. The van der Waals surface area contributed by atoms with Crippen molar-refractivity contribution in [2.45, 2.75) is 39.3 Å². The summed E-state index contributed by atoms with van der Waals surface area (Å²) in [7, 11) is 0. The van der Waals surface area contributed by atoms with Crippen molar-refractivity contribution in [1.82, 2.24) is 20.4 Å². The molecule has 134 valence electrons. The summed E-state index contributed by atoms with van der Waals surface area (Å²) in [5, 5.41) is 11.6. The minimum Gasteiger partial charge on any atom is -0.450 e. The molecule has 25 heavy (non-hydrogen) atoms. The minimum absolute atomic E-state index is 0.222. The first-order valence-corrected chi connectivity index (χ1v) is 8.70. The molecule has 0 atom stereocenters. The molecule has 0 saturated carbocycles. The molecular weight excluding hydrogens is 320 g/mol. The maximum absolute atomic E-state index is 11.7. The molecule has 1 aromatic carbocycles. The third kappa shape index (κ3) is 4.57. The molecule has 0 spiro atoms. The van der Waals surface area contributed by atoms with Gasteiger partial charge in [0, 0.05) is 24.7 Å². The zero-order valence-corrected chi connectivity index (χ0v) is 14.7. The van der Waals surface area contributed by atoms with Crippen LogP contribution < -0.4 is 5.32 Å². The molecule has 3 rings (SSSR count). The van der Waals surface area contributed by atoms with Crippen molar-refractivity contribution in [2.24, 2.45) is 0 Å². The molecule has 1 saturated heterocycles. The second kappa shape index (κ2) is 8.11. The van der Waals surface area contributed by atoms with Crippen LogP contribution in [0, 0.1) is 6.92 Å². The predicted octanol–water partition coefficient (Wildman–Crippen LogP) is 2.76. The van der Waals surface area contributed by atoms with Gasteiger partial charge in [-0.15, -0.1) is 10.2 Å². The number of rotatable bonds is 5. The first-order chi connectivity index (χ1) is 12.2. The Labute approximate surface area is 147 Å². The number of hydrogen-bond acceptors (Lipinski definition) is 6. The summed E-state index contributed by atoms with van der Waals surface area (Å²) < 4.78 is 10.8. The van der Waals surface area contributed by atoms with Gasteiger partial charge in [0.05, 0.1) is 13.2 Å². The van der Waals surface area contributed by atoms with E-state index in [0.717, 1.165) is 18.4 Å². The summed E-state index contributed by atoms with van der Waals surface area (Å²) in [6, 6.07) is 8.33. The lowest BCUT2D eigenvalue weighted by atomic mass is 10.1. The average molecular weight is 344 g/mol. The van der Waals surface area contributed by atoms with Crippen molar-refractivity contribution < 1.29 is 13.9 Å². The zero-order valence-electron chi connectivity index (χ0n) is 14.7. The Morgan fingerprint density at radius 1 is 1.28 bits per heavy atom. The van der Waals surface area contributed by atoms with Gasteiger partial charge in [-0.3, -0.25) is 0 Å². The van der Waals surface area contributed by atoms with Gasteiger partial charge >= 0.3 is 6.09 Å². The Hall–Kier alpha value is -2.41. The van der Waals surface area contributed by atoms with Crippen LogP contribution in [0.1, 0.15) is 31.2 Å². The second-order valence-corrected chi connectivity index (χ2v) is 6.21. The number of amides is 1. The van der Waals surface area contributed by atoms with Crippen LogP contribution in [0.4, 0.5) is 4.79 Å². The van der Waals surface area contributed by atoms with Crippen LogP contribution in [0.25, 0.3) is 11.5 Å². The lowest BCUT2D eigenvalue weighted by Crippen LogP contribution is -2.44. The number of benzene rings is 1. The van der Waals surface area contributed by atoms with E-state index in [0.29, 0.717) is 44.1 Å². The molecule has 2 heterocycles. The molecule has 1 N–H and O–H groups in total. The minimum atomic E-state index is -0.222. The number of nitrogens with one attached hydrogen (secondary N) is 1. The number of aryl methyl sites for hydroxylation is 1. The van der Waals surface area contributed by atoms with E-state index in [1.165, 1.54) is 5.56 Å². The summed E-state index contributed by atoms with van der Waals surface area (Å²) >= 11 is 0. The number of ether oxygens (including phenoxy) is 1. The fourth-order valence-corrected chi connectivity index (χ4v) is 2.85. The highest BCUT2D eigenvalue weighted by atomic mass is 16.6. The number of aromatic nitrogens is 2. The number of nitrogens with zero attached hydrogens (tertiary/aromatic N) is 3. The first kappa shape index (κ1) is 17.4. The van der Waals surface area contributed by atoms with Gasteiger partial charge in [0.15, 0.2) is 0 Å². The maximum Gasteiger partial charge on any atom is 0.409 e. The highest BCUT2D eigenvalue weighted by Gasteiger charge is 2.23. The van der Waals surface area contributed by atoms with Crippen LogP contribution in [-0.2, 0) is 11.3 Å². The Morgan fingerprint density at radius 2 is 2.00 bits per heavy atom. The SMILES string of the molecule is CCOC(=O)N1CCC(NCc2nnc(-c3ccc(C)cc3)o2)CC1. The number of carbonyl (C=O) groups excluding carboxylic acids is 1. The van der Waals surface area contributed by atoms with Gasteiger partial charge in [-0.2, -0.15) is 0 Å². The molecule has 7 heteroatoms. The summed E-state index contributed by atoms with van der Waals surface area (Å²) in [5.41, 5.74) is 2.12. The molecule has 2 aromatic rings. The molecule has 1 fully saturated rings. The third-order valence-corrected chi connectivity index (χ3v) is 4.33. The fraction of sp³-hybridized carbons (Fsp3) is 0.500. The molecule has 0 bridgehead atoms. The number of piperidine rings is 1. The van der Waals surface area contributed by atoms with E-state index in [1.807, 2.05) is 38.1 Å². The molecule has 1 aliphatic heterocycles. The molecule has 0 radical (unpaired) electrons. The maximum atomic E-state index is 11.7. The molecule has 7 nitrogen and oxygen atoms in total. The van der Waals surface area contributed by atoms with Gasteiger partial charge in [-0.05, 0) is 38.8 Å². The van der Waals surface area contributed by atoms with Crippen LogP contribution in [0.5, 0.6) is 0 Å². The van der Waals surface area contributed by atoms with Crippen molar-refractivity contribution in [3.8, 4) is 11.5 Å². The Morgan fingerprint density at radius 3 is 2.68 bits per heavy atom. The van der Waals surface area contributed by atoms with E-state index in [1.54, 1.807) is 4.90 Å². The van der Waals surface area contributed by atoms with Gasteiger partial charge in [-0.25, -0.2) is 4.79 Å². The van der Waals surface area contributed by atoms with Gasteiger partial charge < -0.3 is 19.4 Å². The van der Waals surface area contributed by atoms with Crippen molar-refractivity contribution >= 4 is 6.09 Å². The van der Waals surface area contributed by atoms with Crippen molar-refractivity contribution in [3.05, 3.63) is 35.7 Å². The summed E-state index contributed by atoms with van der Waals surface area (Å²) in [4.78, 5) is 13.4. The standard InChI is InChI=1S/C18H24N4O3/c1-3-24-18(23)22-10-8-15(9-11-22)19-12-16-20-21-17(25-16)14-6-4-13(2)5-7-14/h4-7,15,19H,3,8-12H2,1-2H3. The van der Waals surface area contributed by atoms with Crippen LogP contribution >= 0.6 is 0 Å². The van der Waals surface area contributed by atoms with Gasteiger partial charge in [0.25, 0.3) is 0 Å². The highest BCUT2D eigenvalue weighted by molar-refractivity contribution is 5.67. The quantitative estimate of drug-likeness (QED) is 0.898. The molecular formula is C18H24N4O3. The molecule has 0 unspecified atom stereocenters. The second-order valence-electron chi connectivity index (χ2n) is 6.21. The predicted molar refractivity (Wildman–Crippen MR) is 92.9 cm³/mol. The summed E-state index contributed by atoms with van der Waals surface area (Å²) in [5.74, 6) is 1.11. The van der Waals surface area contributed by atoms with E-state index in [2.05, 4.69) is 15.5 Å². The lowest BCUT2D eigenvalue weighted by Gasteiger charge is -2.31. The molecule has 0 aliphatic carbocycles. The van der Waals surface area contributed by atoms with Gasteiger partial charge in [-0.1, -0.05) is 17.7 Å². The van der Waals surface area contributed by atoms with Crippen molar-refractivity contribution in [1.29, 1.82) is 0 Å². The van der Waals surface area contributed by atoms with Crippen LogP contribution in [-0.4, -0.2) is 46.9 Å². The van der Waals surface area contributed by atoms with Gasteiger partial charge in [0.1, 0.15) is 0 Å². The number of likely N-dealkylation sites (tertiary alicyclic amines) is 1. The Bertz CT molecular complexity index is 691.